The predicted molar refractivity (Wildman–Crippen MR) is 89.9 cm³/mol. The summed E-state index contributed by atoms with van der Waals surface area (Å²) in [4.78, 5) is 26.4. The Balaban J connectivity index is 1.99. The van der Waals surface area contributed by atoms with Gasteiger partial charge in [-0.25, -0.2) is 0 Å². The van der Waals surface area contributed by atoms with Crippen LogP contribution in [-0.2, 0) is 4.79 Å². The van der Waals surface area contributed by atoms with E-state index < -0.39 is 0 Å². The van der Waals surface area contributed by atoms with E-state index in [1.165, 1.54) is 7.11 Å². The number of ether oxygens (including phenoxy) is 1. The molecule has 2 amide bonds. The molecular weight excluding hydrogens is 316 g/mol. The highest BCUT2D eigenvalue weighted by Crippen LogP contribution is 2.26. The number of carbonyl (C=O) groups excluding carboxylic acids is 2. The summed E-state index contributed by atoms with van der Waals surface area (Å²) in [6.45, 7) is 3.87. The van der Waals surface area contributed by atoms with Crippen molar-refractivity contribution < 1.29 is 14.3 Å². The van der Waals surface area contributed by atoms with E-state index in [4.69, 9.17) is 16.3 Å². The number of carbonyl (C=O) groups is 2. The Kier molecular flexibility index (Phi) is 6.28. The summed E-state index contributed by atoms with van der Waals surface area (Å²) in [5, 5.41) is 3.43. The molecule has 126 valence electrons. The fraction of sp³-hybridized carbons (Fsp3) is 0.529. The summed E-state index contributed by atoms with van der Waals surface area (Å²) < 4.78 is 5.25. The van der Waals surface area contributed by atoms with Gasteiger partial charge >= 0.3 is 0 Å². The van der Waals surface area contributed by atoms with Gasteiger partial charge in [-0.3, -0.25) is 9.59 Å². The molecule has 1 fully saturated rings. The molecule has 0 bridgehead atoms. The number of methoxy groups -OCH3 is 1. The van der Waals surface area contributed by atoms with Crippen LogP contribution in [-0.4, -0.2) is 43.5 Å². The Morgan fingerprint density at radius 3 is 2.65 bits per heavy atom. The Bertz CT molecular complexity index is 569. The van der Waals surface area contributed by atoms with Crippen molar-refractivity contribution in [3.05, 3.63) is 28.8 Å². The summed E-state index contributed by atoms with van der Waals surface area (Å²) in [6.07, 6.45) is 2.30. The molecule has 1 aliphatic heterocycles. The quantitative estimate of drug-likeness (QED) is 0.898. The molecular formula is C17H23ClN2O3. The van der Waals surface area contributed by atoms with Gasteiger partial charge in [0, 0.05) is 30.6 Å². The lowest BCUT2D eigenvalue weighted by atomic mass is 9.95. The number of hydrogen-bond donors (Lipinski definition) is 1. The Morgan fingerprint density at radius 2 is 2.04 bits per heavy atom. The van der Waals surface area contributed by atoms with Gasteiger partial charge in [-0.05, 0) is 37.5 Å². The number of amides is 2. The Morgan fingerprint density at radius 1 is 1.35 bits per heavy atom. The Labute approximate surface area is 141 Å². The first-order chi connectivity index (χ1) is 11.1. The third-order valence-electron chi connectivity index (χ3n) is 4.09. The minimum absolute atomic E-state index is 0.00754. The predicted octanol–water partition coefficient (Wildman–Crippen LogP) is 2.73. The summed E-state index contributed by atoms with van der Waals surface area (Å²) in [5.74, 6) is 0.505. The number of benzene rings is 1. The molecule has 0 aromatic heterocycles. The third-order valence-corrected chi connectivity index (χ3v) is 4.33. The van der Waals surface area contributed by atoms with Crippen LogP contribution in [0.2, 0.25) is 5.02 Å². The SMILES string of the molecule is CCCNC(=O)C1CCN(C(=O)c2cc(Cl)ccc2OC)CC1. The molecule has 1 aromatic rings. The van der Waals surface area contributed by atoms with E-state index in [1.54, 1.807) is 23.1 Å². The van der Waals surface area contributed by atoms with Crippen LogP contribution in [0.3, 0.4) is 0 Å². The first-order valence-electron chi connectivity index (χ1n) is 7.97. The zero-order valence-corrected chi connectivity index (χ0v) is 14.4. The minimum atomic E-state index is -0.100. The molecule has 0 unspecified atom stereocenters. The molecule has 2 rings (SSSR count). The number of hydrogen-bond acceptors (Lipinski definition) is 3. The second-order valence-corrected chi connectivity index (χ2v) is 6.14. The first-order valence-corrected chi connectivity index (χ1v) is 8.35. The zero-order valence-electron chi connectivity index (χ0n) is 13.6. The Hall–Kier alpha value is -1.75. The highest BCUT2D eigenvalue weighted by molar-refractivity contribution is 6.31. The van der Waals surface area contributed by atoms with Crippen LogP contribution >= 0.6 is 11.6 Å². The maximum absolute atomic E-state index is 12.7. The monoisotopic (exact) mass is 338 g/mol. The standard InChI is InChI=1S/C17H23ClN2O3/c1-3-8-19-16(21)12-6-9-20(10-7-12)17(22)14-11-13(18)4-5-15(14)23-2/h4-5,11-12H,3,6-10H2,1-2H3,(H,19,21). The van der Waals surface area contributed by atoms with Crippen molar-refractivity contribution >= 4 is 23.4 Å². The lowest BCUT2D eigenvalue weighted by Crippen LogP contribution is -2.43. The van der Waals surface area contributed by atoms with Crippen LogP contribution in [0.1, 0.15) is 36.5 Å². The van der Waals surface area contributed by atoms with E-state index in [0.717, 1.165) is 6.42 Å². The van der Waals surface area contributed by atoms with E-state index >= 15 is 0 Å². The topological polar surface area (TPSA) is 58.6 Å². The van der Waals surface area contributed by atoms with E-state index in [1.807, 2.05) is 6.92 Å². The second-order valence-electron chi connectivity index (χ2n) is 5.70. The van der Waals surface area contributed by atoms with Crippen LogP contribution in [0.5, 0.6) is 5.75 Å². The first kappa shape index (κ1) is 17.6. The van der Waals surface area contributed by atoms with Gasteiger partial charge in [-0.1, -0.05) is 18.5 Å². The van der Waals surface area contributed by atoms with Crippen molar-refractivity contribution in [1.82, 2.24) is 10.2 Å². The summed E-state index contributed by atoms with van der Waals surface area (Å²) >= 11 is 5.99. The van der Waals surface area contributed by atoms with Gasteiger partial charge in [0.25, 0.3) is 5.91 Å². The highest BCUT2D eigenvalue weighted by atomic mass is 35.5. The maximum atomic E-state index is 12.7. The number of likely N-dealkylation sites (tertiary alicyclic amines) is 1. The fourth-order valence-electron chi connectivity index (χ4n) is 2.75. The molecule has 1 saturated heterocycles. The van der Waals surface area contributed by atoms with Crippen molar-refractivity contribution in [2.45, 2.75) is 26.2 Å². The molecule has 1 heterocycles. The molecule has 6 heteroatoms. The molecule has 0 aliphatic carbocycles. The van der Waals surface area contributed by atoms with Crippen LogP contribution in [0.15, 0.2) is 18.2 Å². The molecule has 0 spiro atoms. The van der Waals surface area contributed by atoms with E-state index in [9.17, 15) is 9.59 Å². The molecule has 0 saturated carbocycles. The lowest BCUT2D eigenvalue weighted by molar-refractivity contribution is -0.126. The van der Waals surface area contributed by atoms with Crippen LogP contribution < -0.4 is 10.1 Å². The largest absolute Gasteiger partial charge is 0.496 e. The molecule has 0 atom stereocenters. The van der Waals surface area contributed by atoms with Gasteiger partial charge in [0.2, 0.25) is 5.91 Å². The third kappa shape index (κ3) is 4.38. The van der Waals surface area contributed by atoms with Gasteiger partial charge < -0.3 is 15.0 Å². The molecule has 5 nitrogen and oxygen atoms in total. The number of nitrogens with one attached hydrogen (secondary N) is 1. The summed E-state index contributed by atoms with van der Waals surface area (Å²) in [6, 6.07) is 5.02. The van der Waals surface area contributed by atoms with Gasteiger partial charge in [-0.15, -0.1) is 0 Å². The van der Waals surface area contributed by atoms with Gasteiger partial charge in [0.15, 0.2) is 0 Å². The van der Waals surface area contributed by atoms with Crippen molar-refractivity contribution in [2.75, 3.05) is 26.7 Å². The molecule has 1 aliphatic rings. The van der Waals surface area contributed by atoms with Crippen molar-refractivity contribution in [1.29, 1.82) is 0 Å². The van der Waals surface area contributed by atoms with Crippen LogP contribution in [0.4, 0.5) is 0 Å². The lowest BCUT2D eigenvalue weighted by Gasteiger charge is -2.31. The van der Waals surface area contributed by atoms with E-state index in [0.29, 0.717) is 48.8 Å². The van der Waals surface area contributed by atoms with Gasteiger partial charge in [-0.2, -0.15) is 0 Å². The van der Waals surface area contributed by atoms with E-state index in [-0.39, 0.29) is 17.7 Å². The van der Waals surface area contributed by atoms with Crippen molar-refractivity contribution in [2.24, 2.45) is 5.92 Å². The maximum Gasteiger partial charge on any atom is 0.257 e. The summed E-state index contributed by atoms with van der Waals surface area (Å²) in [7, 11) is 1.53. The molecule has 0 radical (unpaired) electrons. The number of halogens is 1. The number of rotatable bonds is 5. The van der Waals surface area contributed by atoms with E-state index in [2.05, 4.69) is 5.32 Å². The van der Waals surface area contributed by atoms with Gasteiger partial charge in [0.1, 0.15) is 5.75 Å². The average Bonchev–Trinajstić information content (AvgIpc) is 2.59. The second kappa shape index (κ2) is 8.20. The van der Waals surface area contributed by atoms with Crippen molar-refractivity contribution in [3.63, 3.8) is 0 Å². The zero-order chi connectivity index (χ0) is 16.8. The minimum Gasteiger partial charge on any atom is -0.496 e. The smallest absolute Gasteiger partial charge is 0.257 e. The summed E-state index contributed by atoms with van der Waals surface area (Å²) in [5.41, 5.74) is 0.467. The number of nitrogens with zero attached hydrogens (tertiary/aromatic N) is 1. The average molecular weight is 339 g/mol. The van der Waals surface area contributed by atoms with Crippen LogP contribution in [0.25, 0.3) is 0 Å². The number of piperidine rings is 1. The van der Waals surface area contributed by atoms with Crippen LogP contribution in [0, 0.1) is 5.92 Å². The van der Waals surface area contributed by atoms with Crippen molar-refractivity contribution in [3.8, 4) is 5.75 Å². The fourth-order valence-corrected chi connectivity index (χ4v) is 2.93. The molecule has 1 aromatic carbocycles. The highest BCUT2D eigenvalue weighted by Gasteiger charge is 2.28. The normalized spacial score (nSPS) is 15.3. The van der Waals surface area contributed by atoms with Gasteiger partial charge in [0.05, 0.1) is 12.7 Å². The molecule has 23 heavy (non-hydrogen) atoms. The molecule has 1 N–H and O–H groups in total.